The van der Waals surface area contributed by atoms with Gasteiger partial charge in [0.05, 0.1) is 24.8 Å². The average Bonchev–Trinajstić information content (AvgIpc) is 3.08. The zero-order valence-corrected chi connectivity index (χ0v) is 27.7. The Balaban J connectivity index is 1.85. The van der Waals surface area contributed by atoms with Crippen LogP contribution in [-0.4, -0.2) is 58.5 Å². The van der Waals surface area contributed by atoms with E-state index >= 15 is 0 Å². The van der Waals surface area contributed by atoms with E-state index in [0.717, 1.165) is 9.87 Å². The SMILES string of the molecule is COc1ccc(OC)c(N(CC(=O)N(Cc2ccc(F)cc2)[C@H](Cc2ccccc2)C(=O)NCC(C)C)S(=O)(=O)c2ccccc2)c1. The molecule has 2 amide bonds. The molecular weight excluding hydrogens is 621 g/mol. The molecule has 0 unspecified atom stereocenters. The van der Waals surface area contributed by atoms with Gasteiger partial charge < -0.3 is 19.7 Å². The first-order valence-corrected chi connectivity index (χ1v) is 16.6. The second kappa shape index (κ2) is 16.1. The van der Waals surface area contributed by atoms with Crippen molar-refractivity contribution >= 4 is 27.5 Å². The Hall–Kier alpha value is -4.90. The maximum absolute atomic E-state index is 14.6. The van der Waals surface area contributed by atoms with Crippen LogP contribution < -0.4 is 19.1 Å². The molecule has 0 aliphatic carbocycles. The van der Waals surface area contributed by atoms with Crippen LogP contribution in [0, 0.1) is 11.7 Å². The summed E-state index contributed by atoms with van der Waals surface area (Å²) in [5.41, 5.74) is 1.44. The molecule has 0 fully saturated rings. The summed E-state index contributed by atoms with van der Waals surface area (Å²) in [6.07, 6.45) is 0.158. The lowest BCUT2D eigenvalue weighted by molar-refractivity contribution is -0.140. The predicted octanol–water partition coefficient (Wildman–Crippen LogP) is 5.45. The molecule has 9 nitrogen and oxygen atoms in total. The fourth-order valence-electron chi connectivity index (χ4n) is 4.99. The van der Waals surface area contributed by atoms with Gasteiger partial charge in [0.25, 0.3) is 10.0 Å². The number of methoxy groups -OCH3 is 2. The molecule has 11 heteroatoms. The number of hydrogen-bond donors (Lipinski definition) is 1. The maximum Gasteiger partial charge on any atom is 0.264 e. The second-order valence-electron chi connectivity index (χ2n) is 11.4. The standard InChI is InChI=1S/C36H40FN3O6S/c1-26(2)23-38-36(42)33(21-27-11-7-5-8-12-27)39(24-28-15-17-29(37)18-16-28)35(41)25-40(47(43,44)31-13-9-6-10-14-31)32-22-30(45-3)19-20-34(32)46-4/h5-20,22,26,33H,21,23-25H2,1-4H3,(H,38,42)/t33-/m1/s1. The normalized spacial score (nSPS) is 11.9. The molecule has 1 N–H and O–H groups in total. The molecule has 248 valence electrons. The van der Waals surface area contributed by atoms with E-state index in [0.29, 0.717) is 17.9 Å². The number of rotatable bonds is 15. The second-order valence-corrected chi connectivity index (χ2v) is 13.2. The Bertz CT molecular complexity index is 1740. The molecule has 0 spiro atoms. The topological polar surface area (TPSA) is 105 Å². The third-order valence-electron chi connectivity index (χ3n) is 7.49. The lowest BCUT2D eigenvalue weighted by Gasteiger charge is -2.34. The van der Waals surface area contributed by atoms with Gasteiger partial charge in [0, 0.05) is 25.6 Å². The van der Waals surface area contributed by atoms with Gasteiger partial charge in [-0.15, -0.1) is 0 Å². The molecule has 0 heterocycles. The van der Waals surface area contributed by atoms with Crippen LogP contribution in [0.2, 0.25) is 0 Å². The van der Waals surface area contributed by atoms with E-state index in [1.54, 1.807) is 30.3 Å². The third-order valence-corrected chi connectivity index (χ3v) is 9.26. The summed E-state index contributed by atoms with van der Waals surface area (Å²) in [6, 6.07) is 26.2. The fraction of sp³-hybridized carbons (Fsp3) is 0.278. The Labute approximate surface area is 276 Å². The molecule has 0 bridgehead atoms. The molecule has 47 heavy (non-hydrogen) atoms. The first kappa shape index (κ1) is 35.0. The Morgan fingerprint density at radius 2 is 1.47 bits per heavy atom. The minimum Gasteiger partial charge on any atom is -0.497 e. The highest BCUT2D eigenvalue weighted by Crippen LogP contribution is 2.36. The lowest BCUT2D eigenvalue weighted by atomic mass is 10.0. The van der Waals surface area contributed by atoms with Crippen LogP contribution in [0.1, 0.15) is 25.0 Å². The van der Waals surface area contributed by atoms with Gasteiger partial charge in [-0.1, -0.05) is 74.5 Å². The number of nitrogens with zero attached hydrogens (tertiary/aromatic N) is 2. The summed E-state index contributed by atoms with van der Waals surface area (Å²) >= 11 is 0. The highest BCUT2D eigenvalue weighted by Gasteiger charge is 2.35. The summed E-state index contributed by atoms with van der Waals surface area (Å²) < 4.78 is 54.3. The summed E-state index contributed by atoms with van der Waals surface area (Å²) in [4.78, 5) is 29.8. The number of amides is 2. The summed E-state index contributed by atoms with van der Waals surface area (Å²) in [5, 5.41) is 2.95. The number of nitrogens with one attached hydrogen (secondary N) is 1. The molecule has 0 saturated carbocycles. The largest absolute Gasteiger partial charge is 0.497 e. The maximum atomic E-state index is 14.6. The number of halogens is 1. The summed E-state index contributed by atoms with van der Waals surface area (Å²) in [7, 11) is -1.50. The van der Waals surface area contributed by atoms with Crippen LogP contribution >= 0.6 is 0 Å². The van der Waals surface area contributed by atoms with E-state index in [1.807, 2.05) is 44.2 Å². The van der Waals surface area contributed by atoms with Crippen molar-refractivity contribution in [2.75, 3.05) is 31.6 Å². The number of carbonyl (C=O) groups excluding carboxylic acids is 2. The van der Waals surface area contributed by atoms with Crippen molar-refractivity contribution in [2.24, 2.45) is 5.92 Å². The summed E-state index contributed by atoms with van der Waals surface area (Å²) in [5.74, 6) is -0.816. The van der Waals surface area contributed by atoms with Crippen LogP contribution in [-0.2, 0) is 32.6 Å². The van der Waals surface area contributed by atoms with Crippen molar-refractivity contribution in [3.05, 3.63) is 120 Å². The third kappa shape index (κ3) is 9.10. The number of carbonyl (C=O) groups is 2. The van der Waals surface area contributed by atoms with E-state index < -0.39 is 40.2 Å². The van der Waals surface area contributed by atoms with Gasteiger partial charge in [-0.2, -0.15) is 0 Å². The number of benzene rings is 4. The minimum atomic E-state index is -4.34. The number of anilines is 1. The highest BCUT2D eigenvalue weighted by molar-refractivity contribution is 7.92. The summed E-state index contributed by atoms with van der Waals surface area (Å²) in [6.45, 7) is 3.53. The van der Waals surface area contributed by atoms with E-state index in [1.165, 1.54) is 61.6 Å². The van der Waals surface area contributed by atoms with Gasteiger partial charge in [0.1, 0.15) is 29.9 Å². The number of sulfonamides is 1. The zero-order chi connectivity index (χ0) is 34.0. The van der Waals surface area contributed by atoms with Crippen molar-refractivity contribution in [3.63, 3.8) is 0 Å². The van der Waals surface area contributed by atoms with Crippen molar-refractivity contribution in [1.82, 2.24) is 10.2 Å². The highest BCUT2D eigenvalue weighted by atomic mass is 32.2. The average molecular weight is 662 g/mol. The van der Waals surface area contributed by atoms with E-state index in [-0.39, 0.29) is 35.2 Å². The van der Waals surface area contributed by atoms with E-state index in [2.05, 4.69) is 5.32 Å². The molecular formula is C36H40FN3O6S. The molecule has 0 radical (unpaired) electrons. The monoisotopic (exact) mass is 661 g/mol. The molecule has 0 saturated heterocycles. The van der Waals surface area contributed by atoms with Crippen molar-refractivity contribution in [3.8, 4) is 11.5 Å². The van der Waals surface area contributed by atoms with Crippen molar-refractivity contribution < 1.29 is 31.9 Å². The van der Waals surface area contributed by atoms with Crippen LogP contribution in [0.4, 0.5) is 10.1 Å². The van der Waals surface area contributed by atoms with Gasteiger partial charge >= 0.3 is 0 Å². The van der Waals surface area contributed by atoms with Crippen molar-refractivity contribution in [2.45, 2.75) is 37.8 Å². The van der Waals surface area contributed by atoms with Gasteiger partial charge in [-0.3, -0.25) is 13.9 Å². The van der Waals surface area contributed by atoms with Crippen molar-refractivity contribution in [1.29, 1.82) is 0 Å². The molecule has 4 rings (SSSR count). The van der Waals surface area contributed by atoms with Gasteiger partial charge in [0.2, 0.25) is 11.8 Å². The van der Waals surface area contributed by atoms with Crippen LogP contribution in [0.15, 0.2) is 108 Å². The zero-order valence-electron chi connectivity index (χ0n) is 26.9. The number of hydrogen-bond acceptors (Lipinski definition) is 6. The van der Waals surface area contributed by atoms with Crippen LogP contribution in [0.3, 0.4) is 0 Å². The minimum absolute atomic E-state index is 0.0433. The van der Waals surface area contributed by atoms with E-state index in [4.69, 9.17) is 9.47 Å². The first-order valence-electron chi connectivity index (χ1n) is 15.2. The van der Waals surface area contributed by atoms with Gasteiger partial charge in [-0.05, 0) is 53.4 Å². The number of ether oxygens (including phenoxy) is 2. The van der Waals surface area contributed by atoms with Gasteiger partial charge in [0.15, 0.2) is 0 Å². The Morgan fingerprint density at radius 1 is 0.830 bits per heavy atom. The molecule has 1 atom stereocenters. The van der Waals surface area contributed by atoms with E-state index in [9.17, 15) is 22.4 Å². The quantitative estimate of drug-likeness (QED) is 0.182. The molecule has 0 aliphatic heterocycles. The molecule has 0 aliphatic rings. The molecule has 4 aromatic carbocycles. The first-order chi connectivity index (χ1) is 22.5. The van der Waals surface area contributed by atoms with Gasteiger partial charge in [-0.25, -0.2) is 12.8 Å². The Kier molecular flexibility index (Phi) is 12.0. The lowest BCUT2D eigenvalue weighted by Crippen LogP contribution is -2.53. The fourth-order valence-corrected chi connectivity index (χ4v) is 6.43. The predicted molar refractivity (Wildman–Crippen MR) is 179 cm³/mol. The molecule has 0 aromatic heterocycles. The van der Waals surface area contributed by atoms with Crippen LogP contribution in [0.5, 0.6) is 11.5 Å². The van der Waals surface area contributed by atoms with Crippen LogP contribution in [0.25, 0.3) is 0 Å². The Morgan fingerprint density at radius 3 is 2.06 bits per heavy atom. The molecule has 4 aromatic rings. The smallest absolute Gasteiger partial charge is 0.264 e.